The molecule has 1 aliphatic carbocycles. The summed E-state index contributed by atoms with van der Waals surface area (Å²) in [5, 5.41) is 3.66. The maximum atomic E-state index is 12.7. The first-order chi connectivity index (χ1) is 10.7. The van der Waals surface area contributed by atoms with Gasteiger partial charge in [-0.05, 0) is 55.6 Å². The first-order valence-corrected chi connectivity index (χ1v) is 8.77. The second-order valence-corrected chi connectivity index (χ2v) is 7.51. The van der Waals surface area contributed by atoms with Crippen LogP contribution in [0.4, 0.5) is 0 Å². The average Bonchev–Trinajstić information content (AvgIpc) is 3.09. The number of hydrogen-bond donors (Lipinski definition) is 1. The van der Waals surface area contributed by atoms with Crippen molar-refractivity contribution < 1.29 is 4.79 Å². The third kappa shape index (κ3) is 2.67. The van der Waals surface area contributed by atoms with Crippen LogP contribution < -0.4 is 5.32 Å². The number of fused-ring (bicyclic) bond motifs is 3. The molecule has 2 saturated heterocycles. The Bertz CT molecular complexity index is 533. The molecule has 3 nitrogen and oxygen atoms in total. The van der Waals surface area contributed by atoms with Gasteiger partial charge in [-0.2, -0.15) is 0 Å². The Kier molecular flexibility index (Phi) is 3.69. The second-order valence-electron chi connectivity index (χ2n) is 7.51. The summed E-state index contributed by atoms with van der Waals surface area (Å²) in [6.07, 6.45) is 7.80. The van der Waals surface area contributed by atoms with E-state index in [2.05, 4.69) is 29.6 Å². The van der Waals surface area contributed by atoms with E-state index in [-0.39, 0.29) is 0 Å². The quantitative estimate of drug-likeness (QED) is 0.930. The van der Waals surface area contributed by atoms with E-state index in [0.29, 0.717) is 30.0 Å². The lowest BCUT2D eigenvalue weighted by Crippen LogP contribution is -2.42. The van der Waals surface area contributed by atoms with Gasteiger partial charge in [-0.25, -0.2) is 0 Å². The van der Waals surface area contributed by atoms with Crippen LogP contribution in [-0.4, -0.2) is 36.0 Å². The molecule has 2 heterocycles. The summed E-state index contributed by atoms with van der Waals surface area (Å²) >= 11 is 0. The van der Waals surface area contributed by atoms with Crippen molar-refractivity contribution in [3.8, 4) is 0 Å². The molecule has 1 aromatic rings. The maximum absolute atomic E-state index is 12.7. The van der Waals surface area contributed by atoms with Crippen molar-refractivity contribution in [1.29, 1.82) is 0 Å². The molecule has 1 N–H and O–H groups in total. The number of nitrogens with one attached hydrogen (secondary N) is 1. The van der Waals surface area contributed by atoms with Gasteiger partial charge in [0.25, 0.3) is 0 Å². The number of carbonyl (C=O) groups is 1. The highest BCUT2D eigenvalue weighted by atomic mass is 16.2. The molecule has 22 heavy (non-hydrogen) atoms. The molecule has 118 valence electrons. The number of hydrogen-bond acceptors (Lipinski definition) is 2. The lowest BCUT2D eigenvalue weighted by atomic mass is 9.89. The van der Waals surface area contributed by atoms with Crippen molar-refractivity contribution in [3.05, 3.63) is 35.4 Å². The van der Waals surface area contributed by atoms with Crippen molar-refractivity contribution in [2.75, 3.05) is 7.05 Å². The van der Waals surface area contributed by atoms with Gasteiger partial charge in [0.05, 0.1) is 0 Å². The zero-order valence-corrected chi connectivity index (χ0v) is 13.4. The highest BCUT2D eigenvalue weighted by Crippen LogP contribution is 2.33. The van der Waals surface area contributed by atoms with E-state index in [1.165, 1.54) is 36.8 Å². The van der Waals surface area contributed by atoms with Crippen molar-refractivity contribution >= 4 is 5.91 Å². The number of rotatable bonds is 3. The number of carbonyl (C=O) groups excluding carboxylic acids is 1. The standard InChI is InChI=1S/C19H26N2O/c1-21(18-11-14-4-2-3-5-15(14)12-18)19(22)10-13-8-16-6-7-17(9-13)20-16/h2-5,13,16-18,20H,6-12H2,1H3. The van der Waals surface area contributed by atoms with Gasteiger partial charge in [0.15, 0.2) is 0 Å². The van der Waals surface area contributed by atoms with Gasteiger partial charge in [-0.3, -0.25) is 4.79 Å². The van der Waals surface area contributed by atoms with Crippen LogP contribution in [0.3, 0.4) is 0 Å². The molecule has 3 aliphatic rings. The Balaban J connectivity index is 1.35. The fraction of sp³-hybridized carbons (Fsp3) is 0.632. The molecule has 1 aromatic carbocycles. The Hall–Kier alpha value is -1.35. The van der Waals surface area contributed by atoms with Crippen LogP contribution in [-0.2, 0) is 17.6 Å². The Morgan fingerprint density at radius 1 is 1.14 bits per heavy atom. The minimum absolute atomic E-state index is 0.351. The normalized spacial score (nSPS) is 30.3. The van der Waals surface area contributed by atoms with Crippen molar-refractivity contribution in [2.45, 2.75) is 63.1 Å². The Morgan fingerprint density at radius 2 is 1.73 bits per heavy atom. The summed E-state index contributed by atoms with van der Waals surface area (Å²) in [4.78, 5) is 14.7. The van der Waals surface area contributed by atoms with Crippen LogP contribution in [0.5, 0.6) is 0 Å². The minimum atomic E-state index is 0.351. The molecule has 3 heteroatoms. The number of piperidine rings is 1. The summed E-state index contributed by atoms with van der Waals surface area (Å²) < 4.78 is 0. The zero-order valence-electron chi connectivity index (χ0n) is 13.4. The molecule has 0 spiro atoms. The molecule has 2 fully saturated rings. The van der Waals surface area contributed by atoms with Crippen LogP contribution in [0.25, 0.3) is 0 Å². The van der Waals surface area contributed by atoms with Crippen LogP contribution in [0.15, 0.2) is 24.3 Å². The predicted octanol–water partition coefficient (Wildman–Crippen LogP) is 2.53. The van der Waals surface area contributed by atoms with Gasteiger partial charge >= 0.3 is 0 Å². The van der Waals surface area contributed by atoms with Gasteiger partial charge in [0, 0.05) is 31.6 Å². The van der Waals surface area contributed by atoms with Gasteiger partial charge in [0.1, 0.15) is 0 Å². The lowest BCUT2D eigenvalue weighted by Gasteiger charge is -2.31. The first kappa shape index (κ1) is 14.3. The van der Waals surface area contributed by atoms with E-state index in [0.717, 1.165) is 19.3 Å². The average molecular weight is 298 g/mol. The summed E-state index contributed by atoms with van der Waals surface area (Å²) in [5.74, 6) is 0.946. The molecule has 0 aromatic heterocycles. The molecular formula is C19H26N2O. The fourth-order valence-electron chi connectivity index (χ4n) is 4.75. The number of benzene rings is 1. The highest BCUT2D eigenvalue weighted by Gasteiger charge is 2.35. The molecule has 4 rings (SSSR count). The van der Waals surface area contributed by atoms with Crippen LogP contribution in [0, 0.1) is 5.92 Å². The molecule has 2 unspecified atom stereocenters. The summed E-state index contributed by atoms with van der Waals surface area (Å²) in [6.45, 7) is 0. The van der Waals surface area contributed by atoms with Crippen molar-refractivity contribution in [2.24, 2.45) is 5.92 Å². The topological polar surface area (TPSA) is 32.3 Å². The fourth-order valence-corrected chi connectivity index (χ4v) is 4.75. The van der Waals surface area contributed by atoms with E-state index in [4.69, 9.17) is 0 Å². The minimum Gasteiger partial charge on any atom is -0.342 e. The van der Waals surface area contributed by atoms with Gasteiger partial charge in [-0.15, -0.1) is 0 Å². The first-order valence-electron chi connectivity index (χ1n) is 8.77. The predicted molar refractivity (Wildman–Crippen MR) is 87.7 cm³/mol. The van der Waals surface area contributed by atoms with Gasteiger partial charge < -0.3 is 10.2 Å². The number of nitrogens with zero attached hydrogens (tertiary/aromatic N) is 1. The second kappa shape index (κ2) is 5.69. The van der Waals surface area contributed by atoms with Crippen LogP contribution in [0.1, 0.15) is 43.2 Å². The zero-order chi connectivity index (χ0) is 15.1. The van der Waals surface area contributed by atoms with Gasteiger partial charge in [0.2, 0.25) is 5.91 Å². The van der Waals surface area contributed by atoms with Crippen molar-refractivity contribution in [3.63, 3.8) is 0 Å². The van der Waals surface area contributed by atoms with Crippen LogP contribution in [0.2, 0.25) is 0 Å². The maximum Gasteiger partial charge on any atom is 0.222 e. The SMILES string of the molecule is CN(C(=O)CC1CC2CCC(C1)N2)C1Cc2ccccc2C1. The molecule has 2 bridgehead atoms. The van der Waals surface area contributed by atoms with E-state index in [1.807, 2.05) is 11.9 Å². The number of amides is 1. The summed E-state index contributed by atoms with van der Waals surface area (Å²) in [7, 11) is 2.01. The third-order valence-electron chi connectivity index (χ3n) is 6.00. The molecule has 0 saturated carbocycles. The van der Waals surface area contributed by atoms with Crippen molar-refractivity contribution in [1.82, 2.24) is 10.2 Å². The van der Waals surface area contributed by atoms with Crippen LogP contribution >= 0.6 is 0 Å². The highest BCUT2D eigenvalue weighted by molar-refractivity contribution is 5.76. The third-order valence-corrected chi connectivity index (χ3v) is 6.00. The molecule has 0 radical (unpaired) electrons. The molecule has 2 aliphatic heterocycles. The monoisotopic (exact) mass is 298 g/mol. The van der Waals surface area contributed by atoms with E-state index in [9.17, 15) is 4.79 Å². The summed E-state index contributed by atoms with van der Waals surface area (Å²) in [6, 6.07) is 10.3. The molecular weight excluding hydrogens is 272 g/mol. The Labute approximate surface area is 133 Å². The lowest BCUT2D eigenvalue weighted by molar-refractivity contribution is -0.133. The van der Waals surface area contributed by atoms with E-state index >= 15 is 0 Å². The largest absolute Gasteiger partial charge is 0.342 e. The Morgan fingerprint density at radius 3 is 2.32 bits per heavy atom. The molecule has 1 amide bonds. The van der Waals surface area contributed by atoms with Gasteiger partial charge in [-0.1, -0.05) is 24.3 Å². The smallest absolute Gasteiger partial charge is 0.222 e. The number of likely N-dealkylation sites (N-methyl/N-ethyl adjacent to an activating group) is 1. The summed E-state index contributed by atoms with van der Waals surface area (Å²) in [5.41, 5.74) is 2.85. The van der Waals surface area contributed by atoms with E-state index < -0.39 is 0 Å². The van der Waals surface area contributed by atoms with E-state index in [1.54, 1.807) is 0 Å². The molecule has 2 atom stereocenters.